The molecular weight excluding hydrogens is 372 g/mol. The van der Waals surface area contributed by atoms with Crippen molar-refractivity contribution in [2.75, 3.05) is 19.8 Å². The summed E-state index contributed by atoms with van der Waals surface area (Å²) in [6, 6.07) is 10.5. The molecule has 2 aliphatic heterocycles. The highest BCUT2D eigenvalue weighted by atomic mass is 35.5. The summed E-state index contributed by atoms with van der Waals surface area (Å²) in [5.41, 5.74) is 1.05. The number of rotatable bonds is 3. The number of benzene rings is 1. The third kappa shape index (κ3) is 4.14. The van der Waals surface area contributed by atoms with Gasteiger partial charge in [-0.3, -0.25) is 4.79 Å². The van der Waals surface area contributed by atoms with E-state index in [1.54, 1.807) is 0 Å². The van der Waals surface area contributed by atoms with Gasteiger partial charge in [-0.05, 0) is 62.2 Å². The van der Waals surface area contributed by atoms with Crippen LogP contribution in [0.2, 0.25) is 0 Å². The van der Waals surface area contributed by atoms with Gasteiger partial charge in [0.15, 0.2) is 11.5 Å². The third-order valence-corrected chi connectivity index (χ3v) is 5.75. The van der Waals surface area contributed by atoms with Gasteiger partial charge < -0.3 is 20.1 Å². The minimum atomic E-state index is 0. The van der Waals surface area contributed by atoms with E-state index < -0.39 is 0 Å². The van der Waals surface area contributed by atoms with Gasteiger partial charge in [0.2, 0.25) is 0 Å². The molecule has 4 rings (SSSR count). The number of nitrogens with one attached hydrogen (secondary N) is 2. The number of thiophene rings is 1. The van der Waals surface area contributed by atoms with Gasteiger partial charge in [0.1, 0.15) is 13.2 Å². The van der Waals surface area contributed by atoms with Crippen LogP contribution in [0, 0.1) is 0 Å². The Morgan fingerprint density at radius 3 is 2.81 bits per heavy atom. The van der Waals surface area contributed by atoms with Crippen LogP contribution in [-0.4, -0.2) is 37.7 Å². The Kier molecular flexibility index (Phi) is 6.06. The predicted molar refractivity (Wildman–Crippen MR) is 106 cm³/mol. The summed E-state index contributed by atoms with van der Waals surface area (Å²) in [6.07, 6.45) is 1.96. The van der Waals surface area contributed by atoms with Crippen molar-refractivity contribution in [2.24, 2.45) is 0 Å². The predicted octanol–water partition coefficient (Wildman–Crippen LogP) is 3.48. The Morgan fingerprint density at radius 1 is 1.19 bits per heavy atom. The smallest absolute Gasteiger partial charge is 0.261 e. The second-order valence-electron chi connectivity index (χ2n) is 6.57. The molecule has 3 heterocycles. The van der Waals surface area contributed by atoms with Crippen molar-refractivity contribution in [2.45, 2.75) is 31.8 Å². The molecule has 2 unspecified atom stereocenters. The number of carbonyl (C=O) groups excluding carboxylic acids is 1. The van der Waals surface area contributed by atoms with E-state index in [1.165, 1.54) is 11.3 Å². The average molecular weight is 395 g/mol. The molecule has 2 aromatic rings. The Morgan fingerprint density at radius 2 is 2.00 bits per heavy atom. The molecule has 1 saturated heterocycles. The summed E-state index contributed by atoms with van der Waals surface area (Å²) in [5, 5.41) is 6.57. The third-order valence-electron chi connectivity index (χ3n) is 4.62. The van der Waals surface area contributed by atoms with Crippen LogP contribution in [-0.2, 0) is 0 Å². The van der Waals surface area contributed by atoms with Crippen molar-refractivity contribution in [3.8, 4) is 21.9 Å². The zero-order chi connectivity index (χ0) is 17.2. The van der Waals surface area contributed by atoms with E-state index in [2.05, 4.69) is 17.6 Å². The summed E-state index contributed by atoms with van der Waals surface area (Å²) >= 11 is 1.51. The largest absolute Gasteiger partial charge is 0.486 e. The maximum atomic E-state index is 12.5. The molecule has 0 aliphatic carbocycles. The first-order valence-electron chi connectivity index (χ1n) is 8.73. The molecule has 2 aliphatic rings. The minimum Gasteiger partial charge on any atom is -0.486 e. The Labute approximate surface area is 163 Å². The van der Waals surface area contributed by atoms with Gasteiger partial charge >= 0.3 is 0 Å². The Balaban J connectivity index is 0.00000196. The fraction of sp³-hybridized carbons (Fsp3) is 0.421. The molecule has 1 amide bonds. The number of fused-ring (bicyclic) bond motifs is 1. The summed E-state index contributed by atoms with van der Waals surface area (Å²) in [6.45, 7) is 4.27. The zero-order valence-corrected chi connectivity index (χ0v) is 16.3. The molecule has 2 N–H and O–H groups in total. The van der Waals surface area contributed by atoms with E-state index >= 15 is 0 Å². The van der Waals surface area contributed by atoms with Gasteiger partial charge in [-0.2, -0.15) is 0 Å². The molecule has 26 heavy (non-hydrogen) atoms. The maximum absolute atomic E-state index is 12.5. The normalized spacial score (nSPS) is 21.6. The fourth-order valence-electron chi connectivity index (χ4n) is 3.33. The van der Waals surface area contributed by atoms with Crippen LogP contribution in [0.1, 0.15) is 29.4 Å². The number of hydrogen-bond donors (Lipinski definition) is 2. The van der Waals surface area contributed by atoms with Crippen molar-refractivity contribution in [1.29, 1.82) is 0 Å². The minimum absolute atomic E-state index is 0. The fourth-order valence-corrected chi connectivity index (χ4v) is 4.24. The van der Waals surface area contributed by atoms with Crippen LogP contribution in [0.3, 0.4) is 0 Å². The number of piperidine rings is 1. The lowest BCUT2D eigenvalue weighted by Gasteiger charge is -2.28. The van der Waals surface area contributed by atoms with Crippen molar-refractivity contribution in [1.82, 2.24) is 10.6 Å². The van der Waals surface area contributed by atoms with Gasteiger partial charge in [0.25, 0.3) is 5.91 Å². The highest BCUT2D eigenvalue weighted by Crippen LogP contribution is 2.36. The van der Waals surface area contributed by atoms with Gasteiger partial charge in [-0.15, -0.1) is 23.7 Å². The lowest BCUT2D eigenvalue weighted by Crippen LogP contribution is -2.46. The quantitative estimate of drug-likeness (QED) is 0.836. The standard InChI is InChI=1S/C19H22N2O3S.ClH/c1-12-10-14(6-7-20-12)21-19(22)18-5-4-17(25-18)13-2-3-15-16(11-13)24-9-8-23-15;/h2-5,11-12,14,20H,6-10H2,1H3,(H,21,22);1H. The van der Waals surface area contributed by atoms with Crippen molar-refractivity contribution in [3.63, 3.8) is 0 Å². The molecule has 1 aromatic carbocycles. The van der Waals surface area contributed by atoms with E-state index in [-0.39, 0.29) is 24.4 Å². The summed E-state index contributed by atoms with van der Waals surface area (Å²) < 4.78 is 11.2. The van der Waals surface area contributed by atoms with Gasteiger partial charge in [-0.1, -0.05) is 0 Å². The van der Waals surface area contributed by atoms with Crippen LogP contribution < -0.4 is 20.1 Å². The summed E-state index contributed by atoms with van der Waals surface area (Å²) in [7, 11) is 0. The molecule has 0 saturated carbocycles. The van der Waals surface area contributed by atoms with E-state index in [4.69, 9.17) is 9.47 Å². The van der Waals surface area contributed by atoms with Gasteiger partial charge in [0.05, 0.1) is 4.88 Å². The van der Waals surface area contributed by atoms with Crippen LogP contribution in [0.15, 0.2) is 30.3 Å². The van der Waals surface area contributed by atoms with Crippen molar-refractivity contribution >= 4 is 29.7 Å². The van der Waals surface area contributed by atoms with Crippen molar-refractivity contribution < 1.29 is 14.3 Å². The number of ether oxygens (including phenoxy) is 2. The lowest BCUT2D eigenvalue weighted by molar-refractivity contribution is 0.0930. The molecule has 140 valence electrons. The number of carbonyl (C=O) groups is 1. The molecule has 1 aromatic heterocycles. The number of hydrogen-bond acceptors (Lipinski definition) is 5. The van der Waals surface area contributed by atoms with Crippen LogP contribution in [0.25, 0.3) is 10.4 Å². The Hall–Kier alpha value is -1.76. The molecule has 7 heteroatoms. The van der Waals surface area contributed by atoms with E-state index in [9.17, 15) is 4.79 Å². The van der Waals surface area contributed by atoms with Crippen LogP contribution in [0.5, 0.6) is 11.5 Å². The van der Waals surface area contributed by atoms with E-state index in [1.807, 2.05) is 30.3 Å². The van der Waals surface area contributed by atoms with Crippen LogP contribution >= 0.6 is 23.7 Å². The average Bonchev–Trinajstić information content (AvgIpc) is 3.12. The van der Waals surface area contributed by atoms with Gasteiger partial charge in [-0.25, -0.2) is 0 Å². The molecule has 2 atom stereocenters. The SMILES string of the molecule is CC1CC(NC(=O)c2ccc(-c3ccc4c(c3)OCCO4)s2)CCN1.Cl. The van der Waals surface area contributed by atoms with Crippen LogP contribution in [0.4, 0.5) is 0 Å². The summed E-state index contributed by atoms with van der Waals surface area (Å²) in [4.78, 5) is 14.3. The van der Waals surface area contributed by atoms with E-state index in [0.717, 1.165) is 46.2 Å². The van der Waals surface area contributed by atoms with Gasteiger partial charge in [0, 0.05) is 17.0 Å². The second-order valence-corrected chi connectivity index (χ2v) is 7.66. The molecular formula is C19H23ClN2O3S. The Bertz CT molecular complexity index is 780. The first-order chi connectivity index (χ1) is 12.2. The topological polar surface area (TPSA) is 59.6 Å². The van der Waals surface area contributed by atoms with Crippen molar-refractivity contribution in [3.05, 3.63) is 35.2 Å². The molecule has 5 nitrogen and oxygen atoms in total. The summed E-state index contributed by atoms with van der Waals surface area (Å²) in [5.74, 6) is 1.57. The maximum Gasteiger partial charge on any atom is 0.261 e. The lowest BCUT2D eigenvalue weighted by atomic mass is 10.0. The molecule has 0 bridgehead atoms. The molecule has 0 radical (unpaired) electrons. The van der Waals surface area contributed by atoms with E-state index in [0.29, 0.717) is 19.3 Å². The highest BCUT2D eigenvalue weighted by molar-refractivity contribution is 7.17. The number of amides is 1. The molecule has 0 spiro atoms. The first-order valence-corrected chi connectivity index (χ1v) is 9.55. The number of halogens is 1. The monoisotopic (exact) mass is 394 g/mol. The zero-order valence-electron chi connectivity index (χ0n) is 14.6. The molecule has 1 fully saturated rings. The highest BCUT2D eigenvalue weighted by Gasteiger charge is 2.21. The second kappa shape index (κ2) is 8.29. The first kappa shape index (κ1) is 19.0.